The van der Waals surface area contributed by atoms with Gasteiger partial charge in [-0.15, -0.1) is 0 Å². The minimum atomic E-state index is -4.22. The van der Waals surface area contributed by atoms with Gasteiger partial charge in [0, 0.05) is 29.6 Å². The van der Waals surface area contributed by atoms with Crippen molar-refractivity contribution in [2.45, 2.75) is 83.9 Å². The number of hydrogen-bond acceptors (Lipinski definition) is 2. The molecular formula is C26H42CrF3N2-. The fraction of sp³-hybridized carbons (Fsp3) is 0.654. The Kier molecular flexibility index (Phi) is 13.9. The quantitative estimate of drug-likeness (QED) is 0.421. The van der Waals surface area contributed by atoms with E-state index in [0.717, 1.165) is 18.5 Å². The molecule has 3 rings (SSSR count). The second kappa shape index (κ2) is 14.3. The molecule has 1 aliphatic carbocycles. The molecule has 0 amide bonds. The van der Waals surface area contributed by atoms with Crippen molar-refractivity contribution in [2.24, 2.45) is 5.92 Å². The number of benzene rings is 1. The number of alkyl halides is 3. The van der Waals surface area contributed by atoms with Crippen molar-refractivity contribution in [3.8, 4) is 0 Å². The summed E-state index contributed by atoms with van der Waals surface area (Å²) < 4.78 is 36.3. The molecule has 1 N–H and O–H groups in total. The molecule has 1 heterocycles. The average Bonchev–Trinajstić information content (AvgIpc) is 3.28. The number of aryl methyl sites for hydroxylation is 1. The maximum atomic E-state index is 12.1. The number of likely N-dealkylation sites (tertiary alicyclic amines) is 1. The second-order valence-corrected chi connectivity index (χ2v) is 9.17. The van der Waals surface area contributed by atoms with Crippen LogP contribution in [0.1, 0.15) is 76.8 Å². The van der Waals surface area contributed by atoms with Crippen LogP contribution in [-0.2, 0) is 30.0 Å². The predicted octanol–water partition coefficient (Wildman–Crippen LogP) is 7.26. The van der Waals surface area contributed by atoms with Gasteiger partial charge in [0.1, 0.15) is 0 Å². The van der Waals surface area contributed by atoms with Crippen LogP contribution in [0.25, 0.3) is 0 Å². The van der Waals surface area contributed by atoms with Crippen LogP contribution < -0.4 is 5.32 Å². The normalized spacial score (nSPS) is 17.4. The first kappa shape index (κ1) is 31.0. The van der Waals surface area contributed by atoms with Crippen molar-refractivity contribution in [1.29, 1.82) is 0 Å². The largest absolute Gasteiger partial charge is 0.416 e. The summed E-state index contributed by atoms with van der Waals surface area (Å²) in [5.74, 6) is 0.880. The number of nitrogens with one attached hydrogen (secondary N) is 1. The van der Waals surface area contributed by atoms with Crippen molar-refractivity contribution < 1.29 is 30.5 Å². The molecule has 1 aliphatic heterocycles. The van der Waals surface area contributed by atoms with Gasteiger partial charge in [0.05, 0.1) is 11.1 Å². The van der Waals surface area contributed by atoms with Crippen LogP contribution in [0.15, 0.2) is 36.5 Å². The molecule has 1 aromatic carbocycles. The van der Waals surface area contributed by atoms with Gasteiger partial charge in [0.2, 0.25) is 0 Å². The van der Waals surface area contributed by atoms with Crippen molar-refractivity contribution in [3.05, 3.63) is 55.1 Å². The second-order valence-electron chi connectivity index (χ2n) is 9.17. The molecule has 2 fully saturated rings. The van der Waals surface area contributed by atoms with E-state index in [1.165, 1.54) is 75.9 Å². The Hall–Kier alpha value is -0.958. The van der Waals surface area contributed by atoms with Gasteiger partial charge in [-0.05, 0) is 76.6 Å². The molecule has 1 saturated carbocycles. The Balaban J connectivity index is 0.000000607. The summed E-state index contributed by atoms with van der Waals surface area (Å²) in [7, 11) is 0. The van der Waals surface area contributed by atoms with Crippen molar-refractivity contribution in [3.63, 3.8) is 0 Å². The summed E-state index contributed by atoms with van der Waals surface area (Å²) in [6, 6.07) is 5.38. The number of hydrogen-bond donors (Lipinski definition) is 1. The summed E-state index contributed by atoms with van der Waals surface area (Å²) in [5.41, 5.74) is 1.48. The van der Waals surface area contributed by atoms with Crippen LogP contribution in [0, 0.1) is 13.3 Å². The molecule has 6 heteroatoms. The molecule has 1 aromatic rings. The Morgan fingerprint density at radius 3 is 2.19 bits per heavy atom. The van der Waals surface area contributed by atoms with Gasteiger partial charge in [-0.1, -0.05) is 51.0 Å². The molecular weight excluding hydrogens is 449 g/mol. The molecule has 2 nitrogen and oxygen atoms in total. The molecule has 0 spiro atoms. The molecule has 2 aliphatic rings. The van der Waals surface area contributed by atoms with E-state index in [-0.39, 0.29) is 30.3 Å². The van der Waals surface area contributed by atoms with Gasteiger partial charge >= 0.3 is 6.18 Å². The zero-order valence-electron chi connectivity index (χ0n) is 20.4. The van der Waals surface area contributed by atoms with E-state index in [2.05, 4.69) is 30.6 Å². The molecule has 1 saturated heterocycles. The summed E-state index contributed by atoms with van der Waals surface area (Å²) in [4.78, 5) is 2.57. The predicted molar refractivity (Wildman–Crippen MR) is 126 cm³/mol. The standard InChI is InChI=1S/C16H30N2.C9H9F3.CH3.Cr/c1-14(16(2,3)18-11-7-8-12-18)17-13-15-9-5-4-6-10-15;1-2-7-4-3-5-8(6-7)9(10,11)12;;/h15,17H,1,4-13H2,2-3H3;3-6H,2H2,1H3;1H3;/q;;-1;. The van der Waals surface area contributed by atoms with E-state index in [9.17, 15) is 13.2 Å². The van der Waals surface area contributed by atoms with E-state index in [1.54, 1.807) is 6.07 Å². The summed E-state index contributed by atoms with van der Waals surface area (Å²) in [5, 5.41) is 3.63. The van der Waals surface area contributed by atoms with E-state index >= 15 is 0 Å². The summed E-state index contributed by atoms with van der Waals surface area (Å²) in [6.45, 7) is 14.4. The van der Waals surface area contributed by atoms with Crippen LogP contribution in [0.4, 0.5) is 13.2 Å². The molecule has 0 radical (unpaired) electrons. The Bertz CT molecular complexity index is 661. The maximum absolute atomic E-state index is 12.1. The zero-order chi connectivity index (χ0) is 22.2. The Labute approximate surface area is 205 Å². The zero-order valence-corrected chi connectivity index (χ0v) is 21.6. The Morgan fingerprint density at radius 1 is 1.06 bits per heavy atom. The van der Waals surface area contributed by atoms with Crippen LogP contribution in [0.5, 0.6) is 0 Å². The number of halogens is 3. The molecule has 184 valence electrons. The first-order valence-corrected chi connectivity index (χ1v) is 11.5. The minimum absolute atomic E-state index is 0. The third-order valence-corrected chi connectivity index (χ3v) is 6.63. The first-order chi connectivity index (χ1) is 14.1. The third kappa shape index (κ3) is 9.50. The van der Waals surface area contributed by atoms with E-state index in [1.807, 2.05) is 6.92 Å². The molecule has 0 atom stereocenters. The number of nitrogens with zero attached hydrogens (tertiary/aromatic N) is 1. The van der Waals surface area contributed by atoms with E-state index in [4.69, 9.17) is 0 Å². The molecule has 0 bridgehead atoms. The fourth-order valence-electron chi connectivity index (χ4n) is 4.31. The average molecular weight is 492 g/mol. The van der Waals surface area contributed by atoms with Crippen LogP contribution in [0.3, 0.4) is 0 Å². The van der Waals surface area contributed by atoms with Crippen molar-refractivity contribution in [2.75, 3.05) is 19.6 Å². The maximum Gasteiger partial charge on any atom is 0.416 e. The molecule has 32 heavy (non-hydrogen) atoms. The van der Waals surface area contributed by atoms with E-state index < -0.39 is 11.7 Å². The monoisotopic (exact) mass is 491 g/mol. The van der Waals surface area contributed by atoms with Crippen LogP contribution in [0.2, 0.25) is 0 Å². The van der Waals surface area contributed by atoms with Crippen molar-refractivity contribution in [1.82, 2.24) is 10.2 Å². The molecule has 0 unspecified atom stereocenters. The summed E-state index contributed by atoms with van der Waals surface area (Å²) in [6.07, 6.45) is 6.21. The van der Waals surface area contributed by atoms with Gasteiger partial charge in [-0.25, -0.2) is 0 Å². The third-order valence-electron chi connectivity index (χ3n) is 6.63. The summed E-state index contributed by atoms with van der Waals surface area (Å²) >= 11 is 0. The minimum Gasteiger partial charge on any atom is -0.387 e. The van der Waals surface area contributed by atoms with Crippen LogP contribution in [-0.4, -0.2) is 30.1 Å². The van der Waals surface area contributed by atoms with Crippen LogP contribution >= 0.6 is 0 Å². The first-order valence-electron chi connectivity index (χ1n) is 11.5. The smallest absolute Gasteiger partial charge is 0.387 e. The molecule has 0 aromatic heterocycles. The van der Waals surface area contributed by atoms with Gasteiger partial charge in [-0.2, -0.15) is 13.2 Å². The van der Waals surface area contributed by atoms with Crippen molar-refractivity contribution >= 4 is 0 Å². The van der Waals surface area contributed by atoms with E-state index in [0.29, 0.717) is 12.0 Å². The Morgan fingerprint density at radius 2 is 1.66 bits per heavy atom. The number of rotatable bonds is 6. The topological polar surface area (TPSA) is 15.3 Å². The SMILES string of the molecule is C=C(NCC1CCCCC1)C(C)(C)N1CCCC1.CCc1cccc(C(F)(F)F)c1.[CH3-].[Cr]. The van der Waals surface area contributed by atoms with Gasteiger partial charge < -0.3 is 12.7 Å². The van der Waals surface area contributed by atoms with Gasteiger partial charge in [0.15, 0.2) is 0 Å². The van der Waals surface area contributed by atoms with Gasteiger partial charge in [-0.3, -0.25) is 4.90 Å². The fourth-order valence-corrected chi connectivity index (χ4v) is 4.31. The van der Waals surface area contributed by atoms with Gasteiger partial charge in [0.25, 0.3) is 0 Å².